The van der Waals surface area contributed by atoms with E-state index in [0.717, 1.165) is 0 Å². The van der Waals surface area contributed by atoms with E-state index >= 15 is 0 Å². The van der Waals surface area contributed by atoms with Crippen LogP contribution in [0.15, 0.2) is 54.3 Å². The molecule has 0 saturated carbocycles. The molecule has 2 aromatic carbocycles. The largest absolute Gasteiger partial charge is 0.461 e. The summed E-state index contributed by atoms with van der Waals surface area (Å²) in [6, 6.07) is 13.3. The fraction of sp³-hybridized carbons (Fsp3) is 0.444. The molecule has 7 N–H and O–H groups in total. The van der Waals surface area contributed by atoms with Gasteiger partial charge in [0.25, 0.3) is 0 Å². The first kappa shape index (κ1) is 28.6. The number of hydrogen-bond donors (Lipinski definition) is 7. The van der Waals surface area contributed by atoms with Crippen molar-refractivity contribution in [2.45, 2.75) is 61.4 Å². The minimum atomic E-state index is -1.72. The first-order chi connectivity index (χ1) is 19.2. The van der Waals surface area contributed by atoms with Gasteiger partial charge in [0, 0.05) is 5.56 Å². The molecule has 40 heavy (non-hydrogen) atoms. The average Bonchev–Trinajstić information content (AvgIpc) is 3.28. The Morgan fingerprint density at radius 3 is 2.10 bits per heavy atom. The Balaban J connectivity index is 1.29. The summed E-state index contributed by atoms with van der Waals surface area (Å²) in [5.74, 6) is 0.332. The first-order valence-corrected chi connectivity index (χ1v) is 12.6. The van der Waals surface area contributed by atoms with E-state index in [1.807, 2.05) is 0 Å². The van der Waals surface area contributed by atoms with Gasteiger partial charge in [-0.15, -0.1) is 0 Å². The van der Waals surface area contributed by atoms with Crippen molar-refractivity contribution < 1.29 is 64.2 Å². The number of allylic oxidation sites excluding steroid dienone is 1. The summed E-state index contributed by atoms with van der Waals surface area (Å²) in [5, 5.41) is 70.9. The number of aliphatic hydroxyl groups is 7. The fourth-order valence-electron chi connectivity index (χ4n) is 4.66. The van der Waals surface area contributed by atoms with Gasteiger partial charge in [-0.1, -0.05) is 30.3 Å². The predicted octanol–water partition coefficient (Wildman–Crippen LogP) is -1.69. The summed E-state index contributed by atoms with van der Waals surface area (Å²) in [5.41, 5.74) is 0.821. The Hall–Kier alpha value is -2.95. The van der Waals surface area contributed by atoms with Gasteiger partial charge in [0.15, 0.2) is 12.0 Å². The van der Waals surface area contributed by atoms with Crippen molar-refractivity contribution in [1.82, 2.24) is 0 Å². The third-order valence-corrected chi connectivity index (χ3v) is 6.97. The quantitative estimate of drug-likeness (QED) is 0.188. The molecule has 0 aliphatic carbocycles. The zero-order valence-corrected chi connectivity index (χ0v) is 21.0. The third kappa shape index (κ3) is 5.49. The maximum absolute atomic E-state index is 12.7. The molecular formula is C27H30O13. The summed E-state index contributed by atoms with van der Waals surface area (Å²) < 4.78 is 27.9. The second-order valence-electron chi connectivity index (χ2n) is 9.64. The lowest BCUT2D eigenvalue weighted by molar-refractivity contribution is -0.323. The highest BCUT2D eigenvalue weighted by molar-refractivity contribution is 6.14. The van der Waals surface area contributed by atoms with Crippen molar-refractivity contribution in [1.29, 1.82) is 0 Å². The van der Waals surface area contributed by atoms with E-state index in [2.05, 4.69) is 0 Å². The topological polar surface area (TPSA) is 205 Å². The van der Waals surface area contributed by atoms with Gasteiger partial charge in [-0.3, -0.25) is 4.79 Å². The van der Waals surface area contributed by atoms with Gasteiger partial charge in [0.2, 0.25) is 12.1 Å². The highest BCUT2D eigenvalue weighted by Crippen LogP contribution is 2.34. The molecule has 2 aromatic rings. The van der Waals surface area contributed by atoms with E-state index in [-0.39, 0.29) is 17.3 Å². The average molecular weight is 563 g/mol. The molecule has 0 radical (unpaired) electrons. The van der Waals surface area contributed by atoms with Gasteiger partial charge >= 0.3 is 0 Å². The Morgan fingerprint density at radius 2 is 1.38 bits per heavy atom. The van der Waals surface area contributed by atoms with Crippen molar-refractivity contribution in [3.05, 3.63) is 65.4 Å². The molecular weight excluding hydrogens is 532 g/mol. The lowest BCUT2D eigenvalue weighted by Crippen LogP contribution is -2.62. The first-order valence-electron chi connectivity index (χ1n) is 12.6. The summed E-state index contributed by atoms with van der Waals surface area (Å²) >= 11 is 0. The van der Waals surface area contributed by atoms with Crippen LogP contribution in [0.1, 0.15) is 15.9 Å². The molecule has 2 saturated heterocycles. The number of rotatable bonds is 7. The lowest BCUT2D eigenvalue weighted by Gasteiger charge is -2.42. The second kappa shape index (κ2) is 11.9. The van der Waals surface area contributed by atoms with Gasteiger partial charge in [0.05, 0.1) is 18.8 Å². The van der Waals surface area contributed by atoms with E-state index in [1.54, 1.807) is 48.5 Å². The van der Waals surface area contributed by atoms with Gasteiger partial charge in [-0.05, 0) is 24.3 Å². The van der Waals surface area contributed by atoms with E-state index < -0.39 is 74.6 Å². The molecule has 0 amide bonds. The molecule has 3 aliphatic heterocycles. The minimum absolute atomic E-state index is 0.0589. The van der Waals surface area contributed by atoms with Crippen molar-refractivity contribution in [3.8, 4) is 11.5 Å². The zero-order chi connectivity index (χ0) is 28.6. The minimum Gasteiger partial charge on any atom is -0.461 e. The summed E-state index contributed by atoms with van der Waals surface area (Å²) in [6.45, 7) is -1.16. The van der Waals surface area contributed by atoms with Crippen molar-refractivity contribution in [2.75, 3.05) is 13.2 Å². The molecule has 10 atom stereocenters. The van der Waals surface area contributed by atoms with Crippen LogP contribution in [0.3, 0.4) is 0 Å². The molecule has 13 heteroatoms. The standard InChI is InChI=1S/C27H30O13/c28-10-17-20(30)22(32)24(34)26(39-17)36-11-18-21(31)23(33)25(35)27(40-18)38-14-7-3-1-5-12(14)9-16-19(29)13-6-2-4-8-15(13)37-16/h1-9,17-18,20-28,30-35H,10-11H2/b16-9-/t17-,18-,20-,21-,22+,23+,24-,25-,26-,27-/m1/s1. The maximum atomic E-state index is 12.7. The number of carbonyl (C=O) groups excluding carboxylic acids is 1. The van der Waals surface area contributed by atoms with Crippen molar-refractivity contribution >= 4 is 11.9 Å². The molecule has 0 unspecified atom stereocenters. The van der Waals surface area contributed by atoms with Gasteiger partial charge in [-0.2, -0.15) is 0 Å². The number of para-hydroxylation sites is 2. The Kier molecular flexibility index (Phi) is 8.49. The molecule has 2 fully saturated rings. The molecule has 5 rings (SSSR count). The molecule has 0 spiro atoms. The number of hydrogen-bond acceptors (Lipinski definition) is 13. The molecule has 3 heterocycles. The van der Waals surface area contributed by atoms with Crippen LogP contribution < -0.4 is 9.47 Å². The Labute approximate surface area is 228 Å². The fourth-order valence-corrected chi connectivity index (χ4v) is 4.66. The number of ether oxygens (including phenoxy) is 5. The summed E-state index contributed by atoms with van der Waals surface area (Å²) in [6.07, 6.45) is -14.0. The van der Waals surface area contributed by atoms with Crippen molar-refractivity contribution in [2.24, 2.45) is 0 Å². The van der Waals surface area contributed by atoms with E-state index in [0.29, 0.717) is 16.9 Å². The van der Waals surface area contributed by atoms with Crippen LogP contribution in [-0.2, 0) is 14.2 Å². The van der Waals surface area contributed by atoms with Crippen LogP contribution in [0.5, 0.6) is 11.5 Å². The predicted molar refractivity (Wildman–Crippen MR) is 133 cm³/mol. The maximum Gasteiger partial charge on any atom is 0.231 e. The monoisotopic (exact) mass is 562 g/mol. The van der Waals surface area contributed by atoms with Crippen LogP contribution in [0.25, 0.3) is 6.08 Å². The normalized spacial score (nSPS) is 36.8. The van der Waals surface area contributed by atoms with Crippen molar-refractivity contribution in [3.63, 3.8) is 0 Å². The number of benzene rings is 2. The van der Waals surface area contributed by atoms with Crippen LogP contribution in [-0.4, -0.2) is 116 Å². The van der Waals surface area contributed by atoms with Crippen LogP contribution >= 0.6 is 0 Å². The highest BCUT2D eigenvalue weighted by Gasteiger charge is 2.48. The van der Waals surface area contributed by atoms with Gasteiger partial charge in [0.1, 0.15) is 60.3 Å². The Bertz CT molecular complexity index is 1230. The summed E-state index contributed by atoms with van der Waals surface area (Å²) in [4.78, 5) is 12.7. The number of fused-ring (bicyclic) bond motifs is 1. The van der Waals surface area contributed by atoms with E-state index in [4.69, 9.17) is 23.7 Å². The van der Waals surface area contributed by atoms with Gasteiger partial charge < -0.3 is 59.4 Å². The Morgan fingerprint density at radius 1 is 0.750 bits per heavy atom. The van der Waals surface area contributed by atoms with Crippen LogP contribution in [0.2, 0.25) is 0 Å². The molecule has 216 valence electrons. The van der Waals surface area contributed by atoms with Gasteiger partial charge in [-0.25, -0.2) is 0 Å². The number of Topliss-reactive ketones (excluding diaryl/α,β-unsaturated/α-hetero) is 1. The van der Waals surface area contributed by atoms with E-state index in [1.165, 1.54) is 6.08 Å². The summed E-state index contributed by atoms with van der Waals surface area (Å²) in [7, 11) is 0. The highest BCUT2D eigenvalue weighted by atomic mass is 16.7. The molecule has 0 aromatic heterocycles. The molecule has 0 bridgehead atoms. The number of ketones is 1. The second-order valence-corrected chi connectivity index (χ2v) is 9.64. The SMILES string of the molecule is O=C1/C(=C/c2ccccc2O[C@@H]2O[C@H](CO[C@@H]3O[C@H](CO)[C@@H](O)[C@H](O)[C@H]3O)[C@@H](O)[C@H](O)[C@H]2O)Oc2ccccc21. The number of carbonyl (C=O) groups is 1. The smallest absolute Gasteiger partial charge is 0.231 e. The molecule has 3 aliphatic rings. The molecule has 13 nitrogen and oxygen atoms in total. The number of aliphatic hydroxyl groups excluding tert-OH is 7. The zero-order valence-electron chi connectivity index (χ0n) is 21.0. The van der Waals surface area contributed by atoms with Crippen LogP contribution in [0.4, 0.5) is 0 Å². The van der Waals surface area contributed by atoms with E-state index in [9.17, 15) is 40.5 Å². The lowest BCUT2D eigenvalue weighted by atomic mass is 9.98. The third-order valence-electron chi connectivity index (χ3n) is 6.97. The van der Waals surface area contributed by atoms with Crippen LogP contribution in [0, 0.1) is 0 Å².